The Labute approximate surface area is 123 Å². The van der Waals surface area contributed by atoms with Crippen molar-refractivity contribution < 1.29 is 13.9 Å². The van der Waals surface area contributed by atoms with Crippen LogP contribution in [0.3, 0.4) is 0 Å². The summed E-state index contributed by atoms with van der Waals surface area (Å²) in [4.78, 5) is 11.9. The van der Waals surface area contributed by atoms with Gasteiger partial charge in [0.2, 0.25) is 0 Å². The molecule has 0 bridgehead atoms. The molecular formula is C16H19FN2O2. The number of Topliss-reactive ketones (excluding diaryl/α,β-unsaturated/α-hetero) is 1. The van der Waals surface area contributed by atoms with Gasteiger partial charge in [0.25, 0.3) is 0 Å². The van der Waals surface area contributed by atoms with Gasteiger partial charge in [0.1, 0.15) is 0 Å². The molecule has 2 aromatic rings. The molecule has 112 valence electrons. The van der Waals surface area contributed by atoms with Crippen LogP contribution in [0, 0.1) is 19.7 Å². The smallest absolute Gasteiger partial charge is 0.170 e. The van der Waals surface area contributed by atoms with Crippen LogP contribution < -0.4 is 4.74 Å². The van der Waals surface area contributed by atoms with Gasteiger partial charge in [-0.15, -0.1) is 0 Å². The van der Waals surface area contributed by atoms with E-state index < -0.39 is 5.82 Å². The largest absolute Gasteiger partial charge is 0.494 e. The lowest BCUT2D eigenvalue weighted by Crippen LogP contribution is -2.07. The van der Waals surface area contributed by atoms with Gasteiger partial charge in [0.05, 0.1) is 24.9 Å². The maximum atomic E-state index is 14.2. The molecule has 0 N–H and O–H groups in total. The molecule has 0 amide bonds. The lowest BCUT2D eigenvalue weighted by Gasteiger charge is -2.09. The zero-order valence-electron chi connectivity index (χ0n) is 12.7. The van der Waals surface area contributed by atoms with Gasteiger partial charge in [-0.25, -0.2) is 4.39 Å². The molecule has 0 aliphatic rings. The first-order chi connectivity index (χ1) is 9.99. The van der Waals surface area contributed by atoms with Crippen LogP contribution in [-0.4, -0.2) is 22.7 Å². The van der Waals surface area contributed by atoms with Crippen LogP contribution in [-0.2, 0) is 6.54 Å². The fourth-order valence-corrected chi connectivity index (χ4v) is 2.43. The number of hydrogen-bond donors (Lipinski definition) is 0. The summed E-state index contributed by atoms with van der Waals surface area (Å²) in [5.74, 6) is -0.128. The third kappa shape index (κ3) is 2.82. The fourth-order valence-electron chi connectivity index (χ4n) is 2.43. The van der Waals surface area contributed by atoms with Crippen LogP contribution in [0.2, 0.25) is 0 Å². The number of carbonyl (C=O) groups is 1. The average Bonchev–Trinajstić information content (AvgIpc) is 2.75. The van der Waals surface area contributed by atoms with Gasteiger partial charge in [-0.2, -0.15) is 5.10 Å². The third-order valence-corrected chi connectivity index (χ3v) is 3.56. The molecule has 1 aromatic heterocycles. The van der Waals surface area contributed by atoms with Gasteiger partial charge in [0, 0.05) is 17.7 Å². The highest BCUT2D eigenvalue weighted by Gasteiger charge is 2.18. The Morgan fingerprint density at radius 2 is 2.10 bits per heavy atom. The van der Waals surface area contributed by atoms with E-state index in [-0.39, 0.29) is 18.1 Å². The maximum Gasteiger partial charge on any atom is 0.170 e. The summed E-state index contributed by atoms with van der Waals surface area (Å²) in [6.07, 6.45) is 0.431. The lowest BCUT2D eigenvalue weighted by atomic mass is 10.1. The van der Waals surface area contributed by atoms with Crippen molar-refractivity contribution >= 4 is 5.78 Å². The van der Waals surface area contributed by atoms with Crippen molar-refractivity contribution in [1.82, 2.24) is 9.78 Å². The number of ketones is 1. The van der Waals surface area contributed by atoms with Gasteiger partial charge in [0.15, 0.2) is 17.3 Å². The Balaban J connectivity index is 2.39. The highest BCUT2D eigenvalue weighted by atomic mass is 19.1. The summed E-state index contributed by atoms with van der Waals surface area (Å²) in [5, 5.41) is 4.36. The molecule has 4 nitrogen and oxygen atoms in total. The first-order valence-corrected chi connectivity index (χ1v) is 6.88. The number of nitrogens with zero attached hydrogens (tertiary/aromatic N) is 2. The molecule has 2 rings (SSSR count). The Morgan fingerprint density at radius 3 is 2.71 bits per heavy atom. The SMILES string of the molecule is CCC(=O)c1c(C)nn(Cc2cccc(OC)c2F)c1C. The topological polar surface area (TPSA) is 44.1 Å². The average molecular weight is 290 g/mol. The quantitative estimate of drug-likeness (QED) is 0.794. The van der Waals surface area contributed by atoms with Crippen molar-refractivity contribution in [3.63, 3.8) is 0 Å². The zero-order chi connectivity index (χ0) is 15.6. The Kier molecular flexibility index (Phi) is 4.40. The van der Waals surface area contributed by atoms with Gasteiger partial charge < -0.3 is 4.74 Å². The highest BCUT2D eigenvalue weighted by molar-refractivity contribution is 5.97. The third-order valence-electron chi connectivity index (χ3n) is 3.56. The Morgan fingerprint density at radius 1 is 1.38 bits per heavy atom. The van der Waals surface area contributed by atoms with Crippen molar-refractivity contribution in [2.24, 2.45) is 0 Å². The minimum absolute atomic E-state index is 0.0577. The number of methoxy groups -OCH3 is 1. The fraction of sp³-hybridized carbons (Fsp3) is 0.375. The van der Waals surface area contributed by atoms with Gasteiger partial charge in [-0.1, -0.05) is 19.1 Å². The standard InChI is InChI=1S/C16H19FN2O2/c1-5-13(20)15-10(2)18-19(11(15)3)9-12-7-6-8-14(21-4)16(12)17/h6-8H,5,9H2,1-4H3. The molecule has 0 aliphatic heterocycles. The van der Waals surface area contributed by atoms with Crippen molar-refractivity contribution in [3.8, 4) is 5.75 Å². The van der Waals surface area contributed by atoms with Gasteiger partial charge >= 0.3 is 0 Å². The zero-order valence-corrected chi connectivity index (χ0v) is 12.7. The molecule has 1 heterocycles. The number of aryl methyl sites for hydroxylation is 1. The van der Waals surface area contributed by atoms with E-state index in [9.17, 15) is 9.18 Å². The van der Waals surface area contributed by atoms with Crippen LogP contribution in [0.15, 0.2) is 18.2 Å². The van der Waals surface area contributed by atoms with Crippen LogP contribution in [0.1, 0.15) is 40.7 Å². The molecule has 0 radical (unpaired) electrons. The lowest BCUT2D eigenvalue weighted by molar-refractivity contribution is 0.0987. The van der Waals surface area contributed by atoms with Crippen molar-refractivity contribution in [3.05, 3.63) is 46.5 Å². The maximum absolute atomic E-state index is 14.2. The molecular weight excluding hydrogens is 271 g/mol. The molecule has 0 fully saturated rings. The second-order valence-corrected chi connectivity index (χ2v) is 4.91. The van der Waals surface area contributed by atoms with Crippen molar-refractivity contribution in [1.29, 1.82) is 0 Å². The summed E-state index contributed by atoms with van der Waals surface area (Å²) in [6, 6.07) is 5.00. The molecule has 0 aliphatic carbocycles. The summed E-state index contributed by atoms with van der Waals surface area (Å²) in [5.41, 5.74) is 2.57. The van der Waals surface area contributed by atoms with E-state index in [1.54, 1.807) is 29.8 Å². The van der Waals surface area contributed by atoms with Crippen LogP contribution in [0.4, 0.5) is 4.39 Å². The van der Waals surface area contributed by atoms with Gasteiger partial charge in [-0.05, 0) is 19.9 Å². The van der Waals surface area contributed by atoms with Crippen LogP contribution in [0.5, 0.6) is 5.75 Å². The minimum Gasteiger partial charge on any atom is -0.494 e. The number of ether oxygens (including phenoxy) is 1. The van der Waals surface area contributed by atoms with E-state index in [0.717, 1.165) is 5.69 Å². The van der Waals surface area contributed by atoms with Crippen LogP contribution >= 0.6 is 0 Å². The molecule has 0 unspecified atom stereocenters. The molecule has 0 saturated carbocycles. The van der Waals surface area contributed by atoms with Crippen LogP contribution in [0.25, 0.3) is 0 Å². The number of carbonyl (C=O) groups excluding carboxylic acids is 1. The normalized spacial score (nSPS) is 10.7. The van der Waals surface area contributed by atoms with E-state index in [1.807, 2.05) is 13.8 Å². The van der Waals surface area contributed by atoms with E-state index in [0.29, 0.717) is 23.2 Å². The predicted octanol–water partition coefficient (Wildman–Crippen LogP) is 3.29. The number of halogens is 1. The Hall–Kier alpha value is -2.17. The highest BCUT2D eigenvalue weighted by Crippen LogP contribution is 2.22. The molecule has 1 aromatic carbocycles. The molecule has 0 saturated heterocycles. The molecule has 21 heavy (non-hydrogen) atoms. The monoisotopic (exact) mass is 290 g/mol. The van der Waals surface area contributed by atoms with E-state index >= 15 is 0 Å². The summed E-state index contributed by atoms with van der Waals surface area (Å²) >= 11 is 0. The minimum atomic E-state index is -0.393. The van der Waals surface area contributed by atoms with Crippen molar-refractivity contribution in [2.45, 2.75) is 33.7 Å². The first kappa shape index (κ1) is 15.2. The van der Waals surface area contributed by atoms with Crippen molar-refractivity contribution in [2.75, 3.05) is 7.11 Å². The second kappa shape index (κ2) is 6.08. The van der Waals surface area contributed by atoms with Gasteiger partial charge in [-0.3, -0.25) is 9.48 Å². The first-order valence-electron chi connectivity index (χ1n) is 6.88. The van der Waals surface area contributed by atoms with E-state index in [2.05, 4.69) is 5.10 Å². The number of rotatable bonds is 5. The summed E-state index contributed by atoms with van der Waals surface area (Å²) in [6.45, 7) is 5.72. The summed E-state index contributed by atoms with van der Waals surface area (Å²) in [7, 11) is 1.43. The van der Waals surface area contributed by atoms with E-state index in [1.165, 1.54) is 7.11 Å². The predicted molar refractivity (Wildman–Crippen MR) is 78.4 cm³/mol. The van der Waals surface area contributed by atoms with E-state index in [4.69, 9.17) is 4.74 Å². The number of aromatic nitrogens is 2. The molecule has 5 heteroatoms. The molecule has 0 spiro atoms. The molecule has 0 atom stereocenters. The second-order valence-electron chi connectivity index (χ2n) is 4.91. The Bertz CT molecular complexity index is 677. The number of hydrogen-bond acceptors (Lipinski definition) is 3. The number of benzene rings is 1. The summed E-state index contributed by atoms with van der Waals surface area (Å²) < 4.78 is 20.8.